The molecule has 366 valence electrons. The second-order valence-electron chi connectivity index (χ2n) is 18.9. The van der Waals surface area contributed by atoms with Crippen LogP contribution in [-0.2, 0) is 30.5 Å². The number of carbonyl (C=O) groups is 4. The number of esters is 1. The Hall–Kier alpha value is -6.60. The predicted octanol–water partition coefficient (Wildman–Crippen LogP) is 7.05. The number of benzene rings is 3. The van der Waals surface area contributed by atoms with Gasteiger partial charge in [-0.1, -0.05) is 75.4 Å². The average molecular weight is 987 g/mol. The standard InChI is InChI=1S/C52H58N8O8S2/c1-27-30(4)70-51-44(27)45(55-39(22-43(64)67-9)48-58-57-31(5)60(48)51)34-14-12-33(13-15-34)36-18-19-41(37(20-36)24-61)68-25-42(63)56-47(52(6,7)8)50(66)59-23-38(62)21-40(59)49(65)54-28(2)32-10-16-35(17-11-32)46-29(3)53-26-69-46/h10-20,26,28,38-40,47,61-62H,21-25H2,1-9H3,(H,54,65)(H,56,63)/t28-,38+,39-,40-,47+/m0/s1. The molecule has 0 saturated carbocycles. The average Bonchev–Trinajstić information content (AvgIpc) is 4.11. The summed E-state index contributed by atoms with van der Waals surface area (Å²) in [5.74, 6) is -0.323. The van der Waals surface area contributed by atoms with Crippen LogP contribution in [0.15, 0.2) is 77.2 Å². The molecule has 0 aliphatic carbocycles. The van der Waals surface area contributed by atoms with E-state index >= 15 is 0 Å². The first-order valence-corrected chi connectivity index (χ1v) is 24.8. The maximum absolute atomic E-state index is 14.3. The lowest BCUT2D eigenvalue weighted by Crippen LogP contribution is -2.58. The predicted molar refractivity (Wildman–Crippen MR) is 268 cm³/mol. The molecule has 3 aromatic carbocycles. The van der Waals surface area contributed by atoms with Crippen LogP contribution in [0, 0.1) is 33.1 Å². The van der Waals surface area contributed by atoms with Gasteiger partial charge in [-0.2, -0.15) is 0 Å². The van der Waals surface area contributed by atoms with Crippen LogP contribution < -0.4 is 15.4 Å². The molecule has 0 unspecified atom stereocenters. The molecule has 0 spiro atoms. The molecule has 70 heavy (non-hydrogen) atoms. The molecule has 5 atom stereocenters. The van der Waals surface area contributed by atoms with E-state index in [2.05, 4.69) is 39.7 Å². The summed E-state index contributed by atoms with van der Waals surface area (Å²) in [6.07, 6.45) is -0.871. The van der Waals surface area contributed by atoms with E-state index in [1.54, 1.807) is 34.8 Å². The number of ether oxygens (including phenoxy) is 2. The quantitative estimate of drug-likeness (QED) is 0.0813. The Balaban J connectivity index is 0.934. The number of fused-ring (bicyclic) bond motifs is 3. The minimum atomic E-state index is -1.06. The number of hydrogen-bond acceptors (Lipinski definition) is 14. The summed E-state index contributed by atoms with van der Waals surface area (Å²) < 4.78 is 13.0. The van der Waals surface area contributed by atoms with Gasteiger partial charge in [-0.3, -0.25) is 28.7 Å². The fourth-order valence-corrected chi connectivity index (χ4v) is 11.0. The van der Waals surface area contributed by atoms with Gasteiger partial charge in [-0.05, 0) is 80.0 Å². The molecule has 3 amide bonds. The number of methoxy groups -OCH3 is 1. The number of aliphatic imine (C=N–C) groups is 1. The van der Waals surface area contributed by atoms with E-state index in [1.165, 1.54) is 12.0 Å². The number of likely N-dealkylation sites (tertiary alicyclic amines) is 1. The van der Waals surface area contributed by atoms with Crippen LogP contribution in [0.1, 0.15) is 103 Å². The second-order valence-corrected chi connectivity index (χ2v) is 21.0. The topological polar surface area (TPSA) is 210 Å². The highest BCUT2D eigenvalue weighted by molar-refractivity contribution is 7.15. The first-order chi connectivity index (χ1) is 33.4. The number of amides is 3. The Labute approximate surface area is 414 Å². The van der Waals surface area contributed by atoms with Crippen molar-refractivity contribution in [1.82, 2.24) is 35.3 Å². The Morgan fingerprint density at radius 2 is 1.60 bits per heavy atom. The molecule has 0 radical (unpaired) electrons. The van der Waals surface area contributed by atoms with Gasteiger partial charge in [0, 0.05) is 34.5 Å². The van der Waals surface area contributed by atoms with Crippen molar-refractivity contribution >= 4 is 52.1 Å². The summed E-state index contributed by atoms with van der Waals surface area (Å²) in [6.45, 7) is 14.4. The Morgan fingerprint density at radius 1 is 0.914 bits per heavy atom. The number of carbonyl (C=O) groups excluding carboxylic acids is 4. The van der Waals surface area contributed by atoms with Gasteiger partial charge in [-0.15, -0.1) is 32.9 Å². The van der Waals surface area contributed by atoms with Crippen molar-refractivity contribution in [3.05, 3.63) is 122 Å². The Kier molecular flexibility index (Phi) is 14.5. The van der Waals surface area contributed by atoms with E-state index in [0.29, 0.717) is 23.0 Å². The van der Waals surface area contributed by atoms with Gasteiger partial charge in [0.05, 0.1) is 54.1 Å². The van der Waals surface area contributed by atoms with E-state index in [-0.39, 0.29) is 32.0 Å². The Bertz CT molecular complexity index is 2970. The number of aliphatic hydroxyl groups is 2. The lowest BCUT2D eigenvalue weighted by Gasteiger charge is -2.35. The molecule has 18 heteroatoms. The van der Waals surface area contributed by atoms with E-state index < -0.39 is 59.9 Å². The fraction of sp³-hybridized carbons (Fsp3) is 0.385. The highest BCUT2D eigenvalue weighted by Gasteiger charge is 2.45. The number of thiazole rings is 1. The van der Waals surface area contributed by atoms with Crippen molar-refractivity contribution in [2.24, 2.45) is 10.4 Å². The molecule has 1 fully saturated rings. The van der Waals surface area contributed by atoms with Crippen LogP contribution in [0.5, 0.6) is 5.75 Å². The molecule has 4 N–H and O–H groups in total. The van der Waals surface area contributed by atoms with Crippen molar-refractivity contribution in [3.63, 3.8) is 0 Å². The minimum Gasteiger partial charge on any atom is -0.483 e. The third kappa shape index (κ3) is 10.2. The Morgan fingerprint density at radius 3 is 2.26 bits per heavy atom. The first kappa shape index (κ1) is 49.8. The van der Waals surface area contributed by atoms with Gasteiger partial charge in [0.1, 0.15) is 34.7 Å². The van der Waals surface area contributed by atoms with Gasteiger partial charge in [0.15, 0.2) is 12.4 Å². The van der Waals surface area contributed by atoms with Gasteiger partial charge in [0.25, 0.3) is 5.91 Å². The summed E-state index contributed by atoms with van der Waals surface area (Å²) in [4.78, 5) is 67.3. The number of β-amino-alcohol motifs (C(OH)–C–C–N with tert-alkyl or cyclic N) is 1. The first-order valence-electron chi connectivity index (χ1n) is 23.1. The molecular weight excluding hydrogens is 929 g/mol. The second kappa shape index (κ2) is 20.4. The zero-order valence-electron chi connectivity index (χ0n) is 40.7. The lowest BCUT2D eigenvalue weighted by molar-refractivity contribution is -0.144. The van der Waals surface area contributed by atoms with Crippen LogP contribution in [0.25, 0.3) is 26.6 Å². The van der Waals surface area contributed by atoms with Crippen molar-refractivity contribution in [1.29, 1.82) is 0 Å². The molecule has 1 saturated heterocycles. The maximum Gasteiger partial charge on any atom is 0.308 e. The summed E-state index contributed by atoms with van der Waals surface area (Å²) in [5.41, 5.74) is 9.58. The number of hydrogen-bond donors (Lipinski definition) is 4. The largest absolute Gasteiger partial charge is 0.483 e. The van der Waals surface area contributed by atoms with E-state index in [1.807, 2.05) is 106 Å². The van der Waals surface area contributed by atoms with E-state index in [9.17, 15) is 29.4 Å². The van der Waals surface area contributed by atoms with E-state index in [4.69, 9.17) is 14.5 Å². The summed E-state index contributed by atoms with van der Waals surface area (Å²) in [7, 11) is 1.35. The molecule has 8 rings (SSSR count). The van der Waals surface area contributed by atoms with Gasteiger partial charge >= 0.3 is 5.97 Å². The molecular formula is C52H58N8O8S2. The number of aromatic nitrogens is 4. The summed E-state index contributed by atoms with van der Waals surface area (Å²) in [5, 5.41) is 36.8. The summed E-state index contributed by atoms with van der Waals surface area (Å²) in [6, 6.07) is 18.1. The van der Waals surface area contributed by atoms with Gasteiger partial charge in [-0.25, -0.2) is 4.98 Å². The fourth-order valence-electron chi connectivity index (χ4n) is 8.97. The molecule has 5 heterocycles. The number of aryl methyl sites for hydroxylation is 3. The number of rotatable bonds is 14. The van der Waals surface area contributed by atoms with Crippen LogP contribution >= 0.6 is 22.7 Å². The molecule has 16 nitrogen and oxygen atoms in total. The number of aliphatic hydroxyl groups excluding tert-OH is 2. The third-order valence-corrected chi connectivity index (χ3v) is 15.1. The van der Waals surface area contributed by atoms with Crippen LogP contribution in [0.3, 0.4) is 0 Å². The number of nitrogens with zero attached hydrogens (tertiary/aromatic N) is 6. The highest BCUT2D eigenvalue weighted by atomic mass is 32.1. The molecule has 2 aliphatic heterocycles. The molecule has 2 aliphatic rings. The third-order valence-electron chi connectivity index (χ3n) is 13.0. The monoisotopic (exact) mass is 986 g/mol. The van der Waals surface area contributed by atoms with Crippen LogP contribution in [0.4, 0.5) is 0 Å². The molecule has 6 aromatic rings. The number of nitrogens with one attached hydrogen (secondary N) is 2. The zero-order valence-corrected chi connectivity index (χ0v) is 42.3. The van der Waals surface area contributed by atoms with Crippen LogP contribution in [-0.4, -0.2) is 103 Å². The van der Waals surface area contributed by atoms with E-state index in [0.717, 1.165) is 65.1 Å². The maximum atomic E-state index is 14.3. The highest BCUT2D eigenvalue weighted by Crippen LogP contribution is 2.40. The smallest absolute Gasteiger partial charge is 0.308 e. The van der Waals surface area contributed by atoms with Crippen molar-refractivity contribution in [2.45, 2.75) is 105 Å². The minimum absolute atomic E-state index is 0.00514. The SMILES string of the molecule is COC(=O)C[C@@H]1N=C(c2ccc(-c3ccc(OCC(=O)N[C@H](C(=O)N4C[C@H](O)C[C@H]4C(=O)N[C@@H](C)c4ccc(-c5scnc5C)cc4)C(C)(C)C)c(CO)c3)cc2)c2c(sc(C)c2C)-n2c(C)nnc21. The molecule has 0 bridgehead atoms. The van der Waals surface area contributed by atoms with Crippen molar-refractivity contribution in [3.8, 4) is 32.3 Å². The number of thiophene rings is 1. The summed E-state index contributed by atoms with van der Waals surface area (Å²) >= 11 is 3.19. The zero-order chi connectivity index (χ0) is 50.2. The van der Waals surface area contributed by atoms with Crippen molar-refractivity contribution < 1.29 is 38.9 Å². The van der Waals surface area contributed by atoms with Gasteiger partial charge < -0.3 is 35.2 Å². The lowest BCUT2D eigenvalue weighted by atomic mass is 9.85. The molecule has 3 aromatic heterocycles. The van der Waals surface area contributed by atoms with Crippen molar-refractivity contribution in [2.75, 3.05) is 20.3 Å². The normalized spacial score (nSPS) is 17.4. The van der Waals surface area contributed by atoms with Crippen LogP contribution in [0.2, 0.25) is 0 Å². The van der Waals surface area contributed by atoms with Gasteiger partial charge in [0.2, 0.25) is 11.8 Å².